The van der Waals surface area contributed by atoms with Gasteiger partial charge in [-0.15, -0.1) is 0 Å². The largest absolute Gasteiger partial charge is 0.462 e. The Kier molecular flexibility index (Phi) is 4.05. The van der Waals surface area contributed by atoms with Crippen LogP contribution >= 0.6 is 11.8 Å². The predicted molar refractivity (Wildman–Crippen MR) is 100.0 cm³/mol. The minimum absolute atomic E-state index is 0.119. The van der Waals surface area contributed by atoms with E-state index in [2.05, 4.69) is 0 Å². The molecular formula is C19H17N3O2S. The van der Waals surface area contributed by atoms with Crippen LogP contribution in [0, 0.1) is 0 Å². The van der Waals surface area contributed by atoms with E-state index >= 15 is 0 Å². The third-order valence-corrected chi connectivity index (χ3v) is 4.71. The number of fused-ring (bicyclic) bond motifs is 5. The van der Waals surface area contributed by atoms with Crippen LogP contribution in [0.2, 0.25) is 0 Å². The Labute approximate surface area is 149 Å². The van der Waals surface area contributed by atoms with E-state index in [1.807, 2.05) is 66.8 Å². The van der Waals surface area contributed by atoms with Gasteiger partial charge in [-0.25, -0.2) is 9.97 Å². The van der Waals surface area contributed by atoms with Crippen molar-refractivity contribution in [1.29, 1.82) is 0 Å². The molecule has 4 aromatic rings. The average Bonchev–Trinajstić information content (AvgIpc) is 2.99. The molecule has 126 valence electrons. The maximum absolute atomic E-state index is 11.9. The van der Waals surface area contributed by atoms with E-state index in [1.165, 1.54) is 11.8 Å². The second-order valence-corrected chi connectivity index (χ2v) is 6.94. The molecule has 0 unspecified atom stereocenters. The number of rotatable bonds is 4. The van der Waals surface area contributed by atoms with Gasteiger partial charge in [0.2, 0.25) is 0 Å². The Morgan fingerprint density at radius 3 is 2.60 bits per heavy atom. The first-order chi connectivity index (χ1) is 12.1. The second kappa shape index (κ2) is 6.37. The topological polar surface area (TPSA) is 56.5 Å². The van der Waals surface area contributed by atoms with Crippen molar-refractivity contribution >= 4 is 45.3 Å². The van der Waals surface area contributed by atoms with Crippen molar-refractivity contribution in [1.82, 2.24) is 14.4 Å². The number of benzene rings is 2. The summed E-state index contributed by atoms with van der Waals surface area (Å²) < 4.78 is 7.25. The van der Waals surface area contributed by atoms with E-state index in [0.717, 1.165) is 32.7 Å². The molecule has 0 N–H and O–H groups in total. The molecule has 0 amide bonds. The molecule has 25 heavy (non-hydrogen) atoms. The van der Waals surface area contributed by atoms with Crippen LogP contribution in [0.15, 0.2) is 53.7 Å². The van der Waals surface area contributed by atoms with Gasteiger partial charge in [0.25, 0.3) is 0 Å². The fourth-order valence-corrected chi connectivity index (χ4v) is 3.62. The summed E-state index contributed by atoms with van der Waals surface area (Å²) in [5.41, 5.74) is 3.61. The molecule has 2 aromatic carbocycles. The maximum Gasteiger partial charge on any atom is 0.316 e. The summed E-state index contributed by atoms with van der Waals surface area (Å²) in [5, 5.41) is 1.73. The van der Waals surface area contributed by atoms with Crippen molar-refractivity contribution in [3.63, 3.8) is 0 Å². The molecule has 0 aliphatic rings. The third kappa shape index (κ3) is 2.93. The summed E-state index contributed by atoms with van der Waals surface area (Å²) in [5.74, 6) is -0.0296. The van der Waals surface area contributed by atoms with Gasteiger partial charge in [0.15, 0.2) is 5.16 Å². The van der Waals surface area contributed by atoms with Crippen LogP contribution in [-0.4, -0.2) is 32.2 Å². The molecular weight excluding hydrogens is 334 g/mol. The highest BCUT2D eigenvalue weighted by molar-refractivity contribution is 7.99. The van der Waals surface area contributed by atoms with Gasteiger partial charge in [-0.2, -0.15) is 0 Å². The van der Waals surface area contributed by atoms with Gasteiger partial charge in [0.1, 0.15) is 5.65 Å². The Bertz CT molecular complexity index is 1090. The van der Waals surface area contributed by atoms with Crippen LogP contribution in [0.1, 0.15) is 13.8 Å². The van der Waals surface area contributed by atoms with E-state index in [0.29, 0.717) is 0 Å². The quantitative estimate of drug-likeness (QED) is 0.315. The fraction of sp³-hybridized carbons (Fsp3) is 0.211. The zero-order chi connectivity index (χ0) is 17.4. The van der Waals surface area contributed by atoms with Crippen molar-refractivity contribution < 1.29 is 9.53 Å². The number of esters is 1. The molecule has 0 saturated carbocycles. The van der Waals surface area contributed by atoms with Crippen LogP contribution in [0.3, 0.4) is 0 Å². The van der Waals surface area contributed by atoms with Gasteiger partial charge in [-0.1, -0.05) is 36.0 Å². The first-order valence-corrected chi connectivity index (χ1v) is 9.10. The Balaban J connectivity index is 1.87. The van der Waals surface area contributed by atoms with Gasteiger partial charge >= 0.3 is 5.97 Å². The molecule has 0 aliphatic heterocycles. The van der Waals surface area contributed by atoms with Crippen LogP contribution in [0.25, 0.3) is 27.6 Å². The van der Waals surface area contributed by atoms with E-state index in [-0.39, 0.29) is 17.8 Å². The number of ether oxygens (including phenoxy) is 1. The van der Waals surface area contributed by atoms with Crippen LogP contribution in [0.5, 0.6) is 0 Å². The number of aromatic nitrogens is 3. The van der Waals surface area contributed by atoms with Gasteiger partial charge in [-0.05, 0) is 38.1 Å². The molecule has 2 aromatic heterocycles. The van der Waals surface area contributed by atoms with Crippen molar-refractivity contribution in [2.45, 2.75) is 25.1 Å². The number of carbonyl (C=O) groups is 1. The molecule has 4 rings (SSSR count). The monoisotopic (exact) mass is 351 g/mol. The number of hydrogen-bond acceptors (Lipinski definition) is 5. The first kappa shape index (κ1) is 15.9. The SMILES string of the molecule is CC(C)OC(=O)CSc1nc2ccccc2c2nc3ccccc3n12. The van der Waals surface area contributed by atoms with Crippen molar-refractivity contribution in [2.24, 2.45) is 0 Å². The van der Waals surface area contributed by atoms with Crippen LogP contribution in [-0.2, 0) is 9.53 Å². The molecule has 0 bridgehead atoms. The number of nitrogens with zero attached hydrogens (tertiary/aromatic N) is 3. The lowest BCUT2D eigenvalue weighted by Crippen LogP contribution is -2.13. The lowest BCUT2D eigenvalue weighted by Gasteiger charge is -2.10. The number of imidazole rings is 1. The van der Waals surface area contributed by atoms with Crippen LogP contribution in [0.4, 0.5) is 0 Å². The van der Waals surface area contributed by atoms with Gasteiger partial charge < -0.3 is 4.74 Å². The molecule has 2 heterocycles. The molecule has 0 radical (unpaired) electrons. The Morgan fingerprint density at radius 1 is 1.08 bits per heavy atom. The van der Waals surface area contributed by atoms with E-state index in [4.69, 9.17) is 14.7 Å². The molecule has 6 heteroatoms. The van der Waals surface area contributed by atoms with Crippen molar-refractivity contribution in [3.05, 3.63) is 48.5 Å². The summed E-state index contributed by atoms with van der Waals surface area (Å²) in [7, 11) is 0. The second-order valence-electron chi connectivity index (χ2n) is 6.00. The lowest BCUT2D eigenvalue weighted by atomic mass is 10.2. The van der Waals surface area contributed by atoms with Gasteiger partial charge in [-0.3, -0.25) is 9.20 Å². The number of carbonyl (C=O) groups excluding carboxylic acids is 1. The fourth-order valence-electron chi connectivity index (χ4n) is 2.83. The smallest absolute Gasteiger partial charge is 0.316 e. The zero-order valence-corrected chi connectivity index (χ0v) is 14.8. The average molecular weight is 351 g/mol. The van der Waals surface area contributed by atoms with E-state index < -0.39 is 0 Å². The van der Waals surface area contributed by atoms with E-state index in [1.54, 1.807) is 0 Å². The highest BCUT2D eigenvalue weighted by Gasteiger charge is 2.15. The highest BCUT2D eigenvalue weighted by atomic mass is 32.2. The molecule has 0 atom stereocenters. The zero-order valence-electron chi connectivity index (χ0n) is 14.0. The van der Waals surface area contributed by atoms with Crippen LogP contribution < -0.4 is 0 Å². The summed E-state index contributed by atoms with van der Waals surface area (Å²) >= 11 is 1.37. The first-order valence-electron chi connectivity index (χ1n) is 8.11. The lowest BCUT2D eigenvalue weighted by molar-refractivity contribution is -0.144. The Morgan fingerprint density at radius 2 is 1.80 bits per heavy atom. The van der Waals surface area contributed by atoms with E-state index in [9.17, 15) is 4.79 Å². The molecule has 0 saturated heterocycles. The minimum atomic E-state index is -0.243. The summed E-state index contributed by atoms with van der Waals surface area (Å²) in [6.07, 6.45) is -0.119. The molecule has 0 fully saturated rings. The summed E-state index contributed by atoms with van der Waals surface area (Å²) in [6.45, 7) is 3.69. The minimum Gasteiger partial charge on any atom is -0.462 e. The number of thioether (sulfide) groups is 1. The maximum atomic E-state index is 11.9. The third-order valence-electron chi connectivity index (χ3n) is 3.80. The normalized spacial score (nSPS) is 11.6. The van der Waals surface area contributed by atoms with Gasteiger partial charge in [0.05, 0.1) is 28.4 Å². The molecule has 5 nitrogen and oxygen atoms in total. The number of para-hydroxylation sites is 3. The number of hydrogen-bond donors (Lipinski definition) is 0. The van der Waals surface area contributed by atoms with Gasteiger partial charge in [0, 0.05) is 5.39 Å². The standard InChI is InChI=1S/C19H17N3O2S/c1-12(2)24-17(23)11-25-19-21-14-8-4-3-7-13(14)18-20-15-9-5-6-10-16(15)22(18)19/h3-10,12H,11H2,1-2H3. The summed E-state index contributed by atoms with van der Waals surface area (Å²) in [4.78, 5) is 21.5. The predicted octanol–water partition coefficient (Wildman–Crippen LogP) is 4.08. The van der Waals surface area contributed by atoms with Crippen molar-refractivity contribution in [3.8, 4) is 0 Å². The molecule has 0 spiro atoms. The summed E-state index contributed by atoms with van der Waals surface area (Å²) in [6, 6.07) is 15.9. The van der Waals surface area contributed by atoms with Crippen molar-refractivity contribution in [2.75, 3.05) is 5.75 Å². The highest BCUT2D eigenvalue weighted by Crippen LogP contribution is 2.28. The molecule has 0 aliphatic carbocycles. The Hall–Kier alpha value is -2.60.